The Morgan fingerprint density at radius 3 is 2.62 bits per heavy atom. The summed E-state index contributed by atoms with van der Waals surface area (Å²) in [4.78, 5) is 24.6. The zero-order valence-corrected chi connectivity index (χ0v) is 14.5. The van der Waals surface area contributed by atoms with E-state index in [0.29, 0.717) is 25.2 Å². The number of benzene rings is 1. The normalized spacial score (nSPS) is 17.8. The number of carboxylic acid groups (broad SMARTS) is 1. The molecular formula is C14H16Br2N2O3. The number of aliphatic carboxylic acids is 1. The molecule has 2 rings (SSSR count). The van der Waals surface area contributed by atoms with Crippen LogP contribution in [0.4, 0.5) is 10.5 Å². The Hall–Kier alpha value is -1.08. The van der Waals surface area contributed by atoms with E-state index < -0.39 is 5.97 Å². The number of nitrogens with one attached hydrogen (secondary N) is 1. The van der Waals surface area contributed by atoms with Gasteiger partial charge >= 0.3 is 12.0 Å². The standard InChI is InChI=1S/C14H16Br2N2O3/c15-10-2-1-3-11(16)13(10)17-14(21)18-7-6-9(8-18)4-5-12(19)20/h1-3,9H,4-8H2,(H,17,21)(H,19,20). The maximum atomic E-state index is 12.3. The zero-order chi connectivity index (χ0) is 15.4. The molecule has 2 amide bonds. The highest BCUT2D eigenvalue weighted by atomic mass is 79.9. The molecule has 21 heavy (non-hydrogen) atoms. The second-order valence-corrected chi connectivity index (χ2v) is 6.77. The summed E-state index contributed by atoms with van der Waals surface area (Å²) in [5, 5.41) is 11.6. The van der Waals surface area contributed by atoms with Crippen LogP contribution < -0.4 is 5.32 Å². The average Bonchev–Trinajstić information content (AvgIpc) is 2.89. The number of amides is 2. The number of likely N-dealkylation sites (tertiary alicyclic amines) is 1. The van der Waals surface area contributed by atoms with E-state index in [4.69, 9.17) is 5.11 Å². The molecule has 1 heterocycles. The summed E-state index contributed by atoms with van der Waals surface area (Å²) in [7, 11) is 0. The lowest BCUT2D eigenvalue weighted by Gasteiger charge is -2.18. The van der Waals surface area contributed by atoms with E-state index in [1.54, 1.807) is 4.90 Å². The van der Waals surface area contributed by atoms with Crippen LogP contribution in [-0.2, 0) is 4.79 Å². The van der Waals surface area contributed by atoms with E-state index in [9.17, 15) is 9.59 Å². The lowest BCUT2D eigenvalue weighted by molar-refractivity contribution is -0.137. The van der Waals surface area contributed by atoms with Crippen LogP contribution >= 0.6 is 31.9 Å². The van der Waals surface area contributed by atoms with Gasteiger partial charge in [-0.2, -0.15) is 0 Å². The minimum absolute atomic E-state index is 0.152. The molecular weight excluding hydrogens is 404 g/mol. The predicted molar refractivity (Wildman–Crippen MR) is 87.4 cm³/mol. The number of hydrogen-bond acceptors (Lipinski definition) is 2. The van der Waals surface area contributed by atoms with Crippen molar-refractivity contribution in [2.75, 3.05) is 18.4 Å². The summed E-state index contributed by atoms with van der Waals surface area (Å²) in [6.07, 6.45) is 1.64. The van der Waals surface area contributed by atoms with Gasteiger partial charge in [-0.05, 0) is 62.8 Å². The summed E-state index contributed by atoms with van der Waals surface area (Å²) in [6.45, 7) is 1.28. The summed E-state index contributed by atoms with van der Waals surface area (Å²) in [5.41, 5.74) is 0.705. The van der Waals surface area contributed by atoms with E-state index >= 15 is 0 Å². The van der Waals surface area contributed by atoms with Crippen LogP contribution in [0, 0.1) is 5.92 Å². The molecule has 0 radical (unpaired) electrons. The molecule has 0 saturated carbocycles. The van der Waals surface area contributed by atoms with Crippen molar-refractivity contribution in [3.8, 4) is 0 Å². The molecule has 0 aliphatic carbocycles. The summed E-state index contributed by atoms with van der Waals surface area (Å²) < 4.78 is 1.62. The van der Waals surface area contributed by atoms with E-state index in [-0.39, 0.29) is 18.4 Å². The van der Waals surface area contributed by atoms with Crippen molar-refractivity contribution in [3.63, 3.8) is 0 Å². The molecule has 7 heteroatoms. The van der Waals surface area contributed by atoms with Gasteiger partial charge in [0.05, 0.1) is 5.69 Å². The van der Waals surface area contributed by atoms with Gasteiger partial charge in [0.2, 0.25) is 0 Å². The van der Waals surface area contributed by atoms with Gasteiger partial charge in [0.25, 0.3) is 0 Å². The first-order valence-electron chi connectivity index (χ1n) is 6.69. The van der Waals surface area contributed by atoms with Gasteiger partial charge in [-0.25, -0.2) is 4.79 Å². The number of urea groups is 1. The van der Waals surface area contributed by atoms with Crippen molar-refractivity contribution >= 4 is 49.5 Å². The number of rotatable bonds is 4. The maximum absolute atomic E-state index is 12.3. The SMILES string of the molecule is O=C(O)CCC1CCN(C(=O)Nc2c(Br)cccc2Br)C1. The van der Waals surface area contributed by atoms with Gasteiger partial charge in [0.15, 0.2) is 0 Å². The minimum atomic E-state index is -0.782. The van der Waals surface area contributed by atoms with Crippen LogP contribution in [0.2, 0.25) is 0 Å². The lowest BCUT2D eigenvalue weighted by Crippen LogP contribution is -2.33. The Bertz CT molecular complexity index is 531. The number of halogens is 2. The molecule has 1 aromatic carbocycles. The molecule has 1 saturated heterocycles. The molecule has 1 atom stereocenters. The molecule has 0 aromatic heterocycles. The molecule has 0 spiro atoms. The minimum Gasteiger partial charge on any atom is -0.481 e. The van der Waals surface area contributed by atoms with Crippen LogP contribution in [0.3, 0.4) is 0 Å². The number of carboxylic acids is 1. The first kappa shape index (κ1) is 16.3. The first-order chi connectivity index (χ1) is 9.97. The van der Waals surface area contributed by atoms with Crippen LogP contribution in [0.15, 0.2) is 27.1 Å². The van der Waals surface area contributed by atoms with Gasteiger partial charge in [-0.1, -0.05) is 6.07 Å². The number of anilines is 1. The molecule has 1 aliphatic heterocycles. The second kappa shape index (κ2) is 7.26. The van der Waals surface area contributed by atoms with Crippen LogP contribution in [0.25, 0.3) is 0 Å². The van der Waals surface area contributed by atoms with E-state index in [0.717, 1.165) is 15.4 Å². The molecule has 0 bridgehead atoms. The highest BCUT2D eigenvalue weighted by Crippen LogP contribution is 2.31. The fourth-order valence-corrected chi connectivity index (χ4v) is 3.58. The third-order valence-electron chi connectivity index (χ3n) is 3.53. The van der Waals surface area contributed by atoms with Gasteiger partial charge in [0.1, 0.15) is 0 Å². The van der Waals surface area contributed by atoms with E-state index in [2.05, 4.69) is 37.2 Å². The molecule has 114 valence electrons. The largest absolute Gasteiger partial charge is 0.481 e. The van der Waals surface area contributed by atoms with Crippen LogP contribution in [0.1, 0.15) is 19.3 Å². The van der Waals surface area contributed by atoms with Crippen molar-refractivity contribution in [2.45, 2.75) is 19.3 Å². The predicted octanol–water partition coefficient (Wildman–Crippen LogP) is 3.93. The Kier molecular flexibility index (Phi) is 5.64. The van der Waals surface area contributed by atoms with Gasteiger partial charge in [-0.15, -0.1) is 0 Å². The fourth-order valence-electron chi connectivity index (χ4n) is 2.38. The number of carbonyl (C=O) groups is 2. The monoisotopic (exact) mass is 418 g/mol. The second-order valence-electron chi connectivity index (χ2n) is 5.06. The molecule has 2 N–H and O–H groups in total. The quantitative estimate of drug-likeness (QED) is 0.776. The van der Waals surface area contributed by atoms with E-state index in [1.807, 2.05) is 18.2 Å². The lowest BCUT2D eigenvalue weighted by atomic mass is 10.0. The zero-order valence-electron chi connectivity index (χ0n) is 11.3. The third-order valence-corrected chi connectivity index (χ3v) is 4.86. The summed E-state index contributed by atoms with van der Waals surface area (Å²) >= 11 is 6.82. The molecule has 1 aromatic rings. The topological polar surface area (TPSA) is 69.6 Å². The Labute approximate surface area is 140 Å². The highest BCUT2D eigenvalue weighted by molar-refractivity contribution is 9.11. The Balaban J connectivity index is 1.91. The van der Waals surface area contributed by atoms with Gasteiger partial charge < -0.3 is 15.3 Å². The Morgan fingerprint density at radius 1 is 1.33 bits per heavy atom. The number of nitrogens with zero attached hydrogens (tertiary/aromatic N) is 1. The van der Waals surface area contributed by atoms with Crippen molar-refractivity contribution < 1.29 is 14.7 Å². The van der Waals surface area contributed by atoms with Crippen LogP contribution in [0.5, 0.6) is 0 Å². The molecule has 5 nitrogen and oxygen atoms in total. The van der Waals surface area contributed by atoms with Crippen molar-refractivity contribution in [1.29, 1.82) is 0 Å². The number of hydrogen-bond donors (Lipinski definition) is 2. The average molecular weight is 420 g/mol. The Morgan fingerprint density at radius 2 is 2.00 bits per heavy atom. The fraction of sp³-hybridized carbons (Fsp3) is 0.429. The molecule has 1 fully saturated rings. The van der Waals surface area contributed by atoms with E-state index in [1.165, 1.54) is 0 Å². The number of carbonyl (C=O) groups excluding carboxylic acids is 1. The highest BCUT2D eigenvalue weighted by Gasteiger charge is 2.27. The third kappa shape index (κ3) is 4.44. The van der Waals surface area contributed by atoms with Crippen molar-refractivity contribution in [3.05, 3.63) is 27.1 Å². The van der Waals surface area contributed by atoms with Crippen LogP contribution in [-0.4, -0.2) is 35.1 Å². The summed E-state index contributed by atoms with van der Waals surface area (Å²) in [6, 6.07) is 5.45. The van der Waals surface area contributed by atoms with Crippen molar-refractivity contribution in [2.24, 2.45) is 5.92 Å². The number of para-hydroxylation sites is 1. The summed E-state index contributed by atoms with van der Waals surface area (Å²) in [5.74, 6) is -0.510. The molecule has 1 unspecified atom stereocenters. The van der Waals surface area contributed by atoms with Gasteiger partial charge in [-0.3, -0.25) is 4.79 Å². The van der Waals surface area contributed by atoms with Crippen molar-refractivity contribution in [1.82, 2.24) is 4.90 Å². The molecule has 1 aliphatic rings. The smallest absolute Gasteiger partial charge is 0.321 e. The first-order valence-corrected chi connectivity index (χ1v) is 8.27. The van der Waals surface area contributed by atoms with Gasteiger partial charge in [0, 0.05) is 28.5 Å². The maximum Gasteiger partial charge on any atom is 0.321 e.